The lowest BCUT2D eigenvalue weighted by Gasteiger charge is -2.24. The summed E-state index contributed by atoms with van der Waals surface area (Å²) in [4.78, 5) is 2.31. The topological polar surface area (TPSA) is 41.9 Å². The van der Waals surface area contributed by atoms with Crippen LogP contribution in [0.5, 0.6) is 11.5 Å². The van der Waals surface area contributed by atoms with Crippen LogP contribution in [0.1, 0.15) is 44.8 Å². The Morgan fingerprint density at radius 2 is 1.76 bits per heavy atom. The molecule has 1 atom stereocenters. The summed E-state index contributed by atoms with van der Waals surface area (Å²) < 4.78 is 11.3. The van der Waals surface area contributed by atoms with Crippen LogP contribution in [-0.2, 0) is 0 Å². The number of ether oxygens (including phenoxy) is 2. The third-order valence-electron chi connectivity index (χ3n) is 3.67. The average Bonchev–Trinajstić information content (AvgIpc) is 2.72. The molecule has 4 heteroatoms. The second kappa shape index (κ2) is 8.25. The lowest BCUT2D eigenvalue weighted by Crippen LogP contribution is -2.30. The lowest BCUT2D eigenvalue weighted by atomic mass is 10.1. The highest BCUT2D eigenvalue weighted by molar-refractivity contribution is 5.44. The van der Waals surface area contributed by atoms with E-state index in [0.717, 1.165) is 49.4 Å². The minimum Gasteiger partial charge on any atom is -0.490 e. The van der Waals surface area contributed by atoms with Crippen LogP contribution in [-0.4, -0.2) is 42.9 Å². The molecule has 118 valence electrons. The molecule has 0 amide bonds. The fourth-order valence-corrected chi connectivity index (χ4v) is 2.66. The molecule has 0 aromatic heterocycles. The number of fused-ring (bicyclic) bond motifs is 1. The Labute approximate surface area is 127 Å². The number of rotatable bonds is 7. The number of hydrogen-bond acceptors (Lipinski definition) is 4. The number of hydrogen-bond donors (Lipinski definition) is 1. The fraction of sp³-hybridized carbons (Fsp3) is 0.647. The molecule has 1 N–H and O–H groups in total. The molecule has 4 nitrogen and oxygen atoms in total. The van der Waals surface area contributed by atoms with Gasteiger partial charge in [-0.2, -0.15) is 0 Å². The zero-order valence-electron chi connectivity index (χ0n) is 13.2. The van der Waals surface area contributed by atoms with Gasteiger partial charge in [0.2, 0.25) is 0 Å². The first-order valence-corrected chi connectivity index (χ1v) is 8.04. The van der Waals surface area contributed by atoms with E-state index in [4.69, 9.17) is 9.47 Å². The van der Waals surface area contributed by atoms with Crippen molar-refractivity contribution in [3.63, 3.8) is 0 Å². The van der Waals surface area contributed by atoms with Crippen LogP contribution in [0.4, 0.5) is 0 Å². The van der Waals surface area contributed by atoms with E-state index in [1.807, 2.05) is 18.2 Å². The van der Waals surface area contributed by atoms with Crippen LogP contribution >= 0.6 is 0 Å². The summed E-state index contributed by atoms with van der Waals surface area (Å²) in [6.07, 6.45) is 2.62. The Bertz CT molecular complexity index is 430. The van der Waals surface area contributed by atoms with Crippen molar-refractivity contribution in [2.24, 2.45) is 0 Å². The summed E-state index contributed by atoms with van der Waals surface area (Å²) in [7, 11) is 0. The van der Waals surface area contributed by atoms with E-state index in [1.165, 1.54) is 0 Å². The van der Waals surface area contributed by atoms with Gasteiger partial charge in [-0.05, 0) is 43.6 Å². The van der Waals surface area contributed by atoms with Gasteiger partial charge in [-0.1, -0.05) is 19.9 Å². The SMILES string of the molecule is CCCN(CCC)CC(O)c1ccc2c(c1)OCCCO2. The molecule has 1 unspecified atom stereocenters. The average molecular weight is 293 g/mol. The minimum atomic E-state index is -0.486. The number of aliphatic hydroxyl groups excluding tert-OH is 1. The van der Waals surface area contributed by atoms with Crippen molar-refractivity contribution in [3.05, 3.63) is 23.8 Å². The maximum absolute atomic E-state index is 10.5. The maximum atomic E-state index is 10.5. The van der Waals surface area contributed by atoms with E-state index < -0.39 is 6.10 Å². The second-order valence-electron chi connectivity index (χ2n) is 5.57. The second-order valence-corrected chi connectivity index (χ2v) is 5.57. The highest BCUT2D eigenvalue weighted by Gasteiger charge is 2.16. The molecule has 1 aromatic rings. The Balaban J connectivity index is 2.04. The summed E-state index contributed by atoms with van der Waals surface area (Å²) in [5.74, 6) is 1.53. The predicted molar refractivity (Wildman–Crippen MR) is 84.0 cm³/mol. The van der Waals surface area contributed by atoms with E-state index in [0.29, 0.717) is 19.8 Å². The third-order valence-corrected chi connectivity index (χ3v) is 3.67. The number of nitrogens with zero attached hydrogens (tertiary/aromatic N) is 1. The predicted octanol–water partition coefficient (Wildman–Crippen LogP) is 3.00. The maximum Gasteiger partial charge on any atom is 0.161 e. The van der Waals surface area contributed by atoms with Gasteiger partial charge < -0.3 is 19.5 Å². The van der Waals surface area contributed by atoms with Crippen molar-refractivity contribution in [2.75, 3.05) is 32.8 Å². The monoisotopic (exact) mass is 293 g/mol. The summed E-state index contributed by atoms with van der Waals surface area (Å²) >= 11 is 0. The fourth-order valence-electron chi connectivity index (χ4n) is 2.66. The van der Waals surface area contributed by atoms with Crippen LogP contribution in [0, 0.1) is 0 Å². The van der Waals surface area contributed by atoms with E-state index >= 15 is 0 Å². The van der Waals surface area contributed by atoms with Crippen molar-refractivity contribution < 1.29 is 14.6 Å². The molecule has 1 heterocycles. The summed E-state index contributed by atoms with van der Waals surface area (Å²) in [6, 6.07) is 5.76. The quantitative estimate of drug-likeness (QED) is 0.839. The molecule has 2 rings (SSSR count). The van der Waals surface area contributed by atoms with Crippen molar-refractivity contribution in [2.45, 2.75) is 39.2 Å². The van der Waals surface area contributed by atoms with Crippen molar-refractivity contribution in [3.8, 4) is 11.5 Å². The molecule has 1 aromatic carbocycles. The normalized spacial score (nSPS) is 15.8. The first kappa shape index (κ1) is 16.1. The minimum absolute atomic E-state index is 0.486. The van der Waals surface area contributed by atoms with E-state index in [1.54, 1.807) is 0 Å². The zero-order chi connectivity index (χ0) is 15.1. The molecule has 0 bridgehead atoms. The molecule has 0 spiro atoms. The van der Waals surface area contributed by atoms with E-state index in [9.17, 15) is 5.11 Å². The van der Waals surface area contributed by atoms with Crippen LogP contribution in [0.25, 0.3) is 0 Å². The van der Waals surface area contributed by atoms with Crippen LogP contribution < -0.4 is 9.47 Å². The van der Waals surface area contributed by atoms with Gasteiger partial charge in [0, 0.05) is 13.0 Å². The smallest absolute Gasteiger partial charge is 0.161 e. The molecule has 21 heavy (non-hydrogen) atoms. The molecule has 0 saturated carbocycles. The largest absolute Gasteiger partial charge is 0.490 e. The zero-order valence-corrected chi connectivity index (χ0v) is 13.2. The van der Waals surface area contributed by atoms with Crippen LogP contribution in [0.2, 0.25) is 0 Å². The third kappa shape index (κ3) is 4.61. The highest BCUT2D eigenvalue weighted by Crippen LogP contribution is 2.32. The highest BCUT2D eigenvalue weighted by atomic mass is 16.5. The first-order chi connectivity index (χ1) is 10.2. The summed E-state index contributed by atoms with van der Waals surface area (Å²) in [6.45, 7) is 8.41. The van der Waals surface area contributed by atoms with E-state index in [2.05, 4.69) is 18.7 Å². The van der Waals surface area contributed by atoms with Gasteiger partial charge in [-0.3, -0.25) is 0 Å². The van der Waals surface area contributed by atoms with Gasteiger partial charge >= 0.3 is 0 Å². The Hall–Kier alpha value is -1.26. The number of aliphatic hydroxyl groups is 1. The van der Waals surface area contributed by atoms with Crippen LogP contribution in [0.3, 0.4) is 0 Å². The van der Waals surface area contributed by atoms with Gasteiger partial charge in [0.05, 0.1) is 19.3 Å². The summed E-state index contributed by atoms with van der Waals surface area (Å²) in [5.41, 5.74) is 0.899. The molecule has 0 fully saturated rings. The molecule has 1 aliphatic heterocycles. The summed E-state index contributed by atoms with van der Waals surface area (Å²) in [5, 5.41) is 10.5. The Kier molecular flexibility index (Phi) is 6.33. The van der Waals surface area contributed by atoms with Crippen molar-refractivity contribution in [1.82, 2.24) is 4.90 Å². The molecule has 1 aliphatic rings. The van der Waals surface area contributed by atoms with Gasteiger partial charge in [0.1, 0.15) is 0 Å². The molecule has 0 saturated heterocycles. The standard InChI is InChI=1S/C17H27NO3/c1-3-8-18(9-4-2)13-15(19)14-6-7-16-17(12-14)21-11-5-10-20-16/h6-7,12,15,19H,3-5,8-11,13H2,1-2H3. The van der Waals surface area contributed by atoms with Crippen molar-refractivity contribution >= 4 is 0 Å². The molecule has 0 radical (unpaired) electrons. The first-order valence-electron chi connectivity index (χ1n) is 8.04. The van der Waals surface area contributed by atoms with Gasteiger partial charge in [0.15, 0.2) is 11.5 Å². The molecular weight excluding hydrogens is 266 g/mol. The Morgan fingerprint density at radius 3 is 2.43 bits per heavy atom. The van der Waals surface area contributed by atoms with Gasteiger partial charge in [0.25, 0.3) is 0 Å². The van der Waals surface area contributed by atoms with Gasteiger partial charge in [-0.25, -0.2) is 0 Å². The van der Waals surface area contributed by atoms with Crippen molar-refractivity contribution in [1.29, 1.82) is 0 Å². The number of benzene rings is 1. The molecular formula is C17H27NO3. The van der Waals surface area contributed by atoms with Gasteiger partial charge in [-0.15, -0.1) is 0 Å². The Morgan fingerprint density at radius 1 is 1.10 bits per heavy atom. The van der Waals surface area contributed by atoms with E-state index in [-0.39, 0.29) is 0 Å². The molecule has 0 aliphatic carbocycles. The van der Waals surface area contributed by atoms with Crippen LogP contribution in [0.15, 0.2) is 18.2 Å². The lowest BCUT2D eigenvalue weighted by molar-refractivity contribution is 0.112.